The van der Waals surface area contributed by atoms with Crippen LogP contribution in [0.2, 0.25) is 0 Å². The van der Waals surface area contributed by atoms with Gasteiger partial charge in [-0.15, -0.1) is 0 Å². The van der Waals surface area contributed by atoms with Crippen LogP contribution in [0.4, 0.5) is 11.4 Å². The van der Waals surface area contributed by atoms with Crippen LogP contribution in [0.25, 0.3) is 0 Å². The van der Waals surface area contributed by atoms with E-state index in [1.54, 1.807) is 36.4 Å². The molecular weight excluding hydrogens is 508 g/mol. The number of carbonyl (C=O) groups excluding carboxylic acids is 4. The van der Waals surface area contributed by atoms with E-state index < -0.39 is 5.78 Å². The van der Waals surface area contributed by atoms with Crippen LogP contribution in [0.3, 0.4) is 0 Å². The number of nitrogens with one attached hydrogen (secondary N) is 4. The van der Waals surface area contributed by atoms with Crippen LogP contribution in [0.5, 0.6) is 0 Å². The van der Waals surface area contributed by atoms with Crippen molar-refractivity contribution >= 4 is 34.8 Å². The maximum absolute atomic E-state index is 13.7. The van der Waals surface area contributed by atoms with Gasteiger partial charge in [0, 0.05) is 37.1 Å². The highest BCUT2D eigenvalue weighted by molar-refractivity contribution is 6.32. The van der Waals surface area contributed by atoms with Crippen molar-refractivity contribution in [2.75, 3.05) is 78.1 Å². The Kier molecular flexibility index (Phi) is 12.0. The van der Waals surface area contributed by atoms with Crippen molar-refractivity contribution in [2.45, 2.75) is 25.7 Å². The number of ketones is 2. The molecule has 1 aliphatic rings. The Balaban J connectivity index is 1.65. The molecule has 0 heterocycles. The van der Waals surface area contributed by atoms with E-state index in [0.29, 0.717) is 24.5 Å². The minimum atomic E-state index is -0.403. The predicted molar refractivity (Wildman–Crippen MR) is 158 cm³/mol. The number of fused-ring (bicyclic) bond motifs is 2. The van der Waals surface area contributed by atoms with Gasteiger partial charge >= 0.3 is 0 Å². The fraction of sp³-hybridized carbons (Fsp3) is 0.467. The summed E-state index contributed by atoms with van der Waals surface area (Å²) >= 11 is 0. The number of hydrogen-bond donors (Lipinski definition) is 4. The summed E-state index contributed by atoms with van der Waals surface area (Å²) in [5.41, 5.74) is 1.36. The van der Waals surface area contributed by atoms with Crippen LogP contribution in [0.15, 0.2) is 36.4 Å². The number of nitrogens with zero attached hydrogens (tertiary/aromatic N) is 2. The predicted octanol–water partition coefficient (Wildman–Crippen LogP) is 2.20. The summed E-state index contributed by atoms with van der Waals surface area (Å²) in [6.45, 7) is 4.54. The second-order valence-corrected chi connectivity index (χ2v) is 10.5. The van der Waals surface area contributed by atoms with Gasteiger partial charge in [0.05, 0.1) is 22.5 Å². The van der Waals surface area contributed by atoms with Crippen molar-refractivity contribution in [3.63, 3.8) is 0 Å². The second kappa shape index (κ2) is 15.4. The third-order valence-corrected chi connectivity index (χ3v) is 6.60. The van der Waals surface area contributed by atoms with Crippen LogP contribution in [-0.2, 0) is 9.59 Å². The normalized spacial score (nSPS) is 12.4. The fourth-order valence-corrected chi connectivity index (χ4v) is 4.57. The lowest BCUT2D eigenvalue weighted by Gasteiger charge is -2.22. The van der Waals surface area contributed by atoms with Crippen LogP contribution < -0.4 is 21.3 Å². The monoisotopic (exact) mass is 550 g/mol. The molecule has 0 saturated heterocycles. The van der Waals surface area contributed by atoms with E-state index in [1.807, 2.05) is 28.2 Å². The molecule has 0 aromatic heterocycles. The Hall–Kier alpha value is -3.44. The smallest absolute Gasteiger partial charge is 0.225 e. The topological polar surface area (TPSA) is 123 Å². The lowest BCUT2D eigenvalue weighted by atomic mass is 9.82. The molecule has 3 rings (SSSR count). The van der Waals surface area contributed by atoms with Crippen LogP contribution >= 0.6 is 0 Å². The third-order valence-electron chi connectivity index (χ3n) is 6.60. The molecule has 0 atom stereocenters. The molecule has 2 aromatic carbocycles. The van der Waals surface area contributed by atoms with Crippen molar-refractivity contribution in [1.29, 1.82) is 0 Å². The molecule has 2 aromatic rings. The highest BCUT2D eigenvalue weighted by Gasteiger charge is 2.34. The molecule has 0 spiro atoms. The molecule has 216 valence electrons. The minimum Gasteiger partial charge on any atom is -0.325 e. The summed E-state index contributed by atoms with van der Waals surface area (Å²) < 4.78 is 0. The number of carbonyl (C=O) groups is 4. The first-order chi connectivity index (χ1) is 19.2. The average Bonchev–Trinajstić information content (AvgIpc) is 2.90. The molecule has 2 amide bonds. The first-order valence-electron chi connectivity index (χ1n) is 13.8. The van der Waals surface area contributed by atoms with Gasteiger partial charge in [0.25, 0.3) is 0 Å². The summed E-state index contributed by atoms with van der Waals surface area (Å²) in [6.07, 6.45) is 2.41. The van der Waals surface area contributed by atoms with Gasteiger partial charge in [0.2, 0.25) is 11.8 Å². The summed E-state index contributed by atoms with van der Waals surface area (Å²) in [4.78, 5) is 56.6. The first-order valence-corrected chi connectivity index (χ1v) is 13.8. The van der Waals surface area contributed by atoms with Crippen LogP contribution in [0, 0.1) is 0 Å². The second-order valence-electron chi connectivity index (χ2n) is 10.5. The number of anilines is 2. The highest BCUT2D eigenvalue weighted by atomic mass is 16.2. The molecule has 4 N–H and O–H groups in total. The Labute approximate surface area is 236 Å². The van der Waals surface area contributed by atoms with E-state index >= 15 is 0 Å². The van der Waals surface area contributed by atoms with Gasteiger partial charge in [-0.2, -0.15) is 0 Å². The SMILES string of the molecule is CN(C)CCCNCCC(=O)Nc1cccc2c1C(=O)c1c(NC(=O)CCNCCCN(C)C)cccc1C2=O. The summed E-state index contributed by atoms with van der Waals surface area (Å²) in [6, 6.07) is 9.74. The molecule has 0 aliphatic heterocycles. The molecule has 1 aliphatic carbocycles. The first kappa shape index (κ1) is 31.1. The van der Waals surface area contributed by atoms with E-state index in [-0.39, 0.29) is 52.7 Å². The Morgan fingerprint density at radius 1 is 0.625 bits per heavy atom. The molecule has 0 unspecified atom stereocenters. The van der Waals surface area contributed by atoms with Crippen molar-refractivity contribution in [1.82, 2.24) is 20.4 Å². The third kappa shape index (κ3) is 8.79. The van der Waals surface area contributed by atoms with Crippen molar-refractivity contribution < 1.29 is 19.2 Å². The average molecular weight is 551 g/mol. The van der Waals surface area contributed by atoms with Crippen molar-refractivity contribution in [3.05, 3.63) is 58.7 Å². The quantitative estimate of drug-likeness (QED) is 0.200. The van der Waals surface area contributed by atoms with Gasteiger partial charge in [-0.25, -0.2) is 0 Å². The standard InChI is InChI=1S/C30H42N6O4/c1-35(2)19-7-15-31-17-13-25(37)33-23-11-5-9-21-27(23)30(40)28-22(29(21)39)10-6-12-24(28)34-26(38)14-18-32-16-8-20-36(3)4/h5-6,9-12,31-32H,7-8,13-20H2,1-4H3,(H,33,37)(H,34,38). The van der Waals surface area contributed by atoms with Crippen LogP contribution in [0.1, 0.15) is 57.5 Å². The van der Waals surface area contributed by atoms with E-state index in [9.17, 15) is 19.2 Å². The van der Waals surface area contributed by atoms with E-state index in [1.165, 1.54) is 0 Å². The molecule has 40 heavy (non-hydrogen) atoms. The van der Waals surface area contributed by atoms with E-state index in [2.05, 4.69) is 31.1 Å². The number of amides is 2. The summed E-state index contributed by atoms with van der Waals surface area (Å²) in [7, 11) is 8.07. The zero-order valence-corrected chi connectivity index (χ0v) is 24.1. The largest absolute Gasteiger partial charge is 0.325 e. The highest BCUT2D eigenvalue weighted by Crippen LogP contribution is 2.35. The number of hydrogen-bond acceptors (Lipinski definition) is 8. The lowest BCUT2D eigenvalue weighted by Crippen LogP contribution is -2.28. The van der Waals surface area contributed by atoms with Gasteiger partial charge < -0.3 is 31.1 Å². The maximum Gasteiger partial charge on any atom is 0.225 e. The zero-order chi connectivity index (χ0) is 29.1. The van der Waals surface area contributed by atoms with Crippen LogP contribution in [-0.4, -0.2) is 101 Å². The number of benzene rings is 2. The Morgan fingerprint density at radius 2 is 1.05 bits per heavy atom. The van der Waals surface area contributed by atoms with Gasteiger partial charge in [0.1, 0.15) is 0 Å². The van der Waals surface area contributed by atoms with E-state index in [4.69, 9.17) is 0 Å². The number of rotatable bonds is 16. The van der Waals surface area contributed by atoms with Gasteiger partial charge in [-0.05, 0) is 79.3 Å². The zero-order valence-electron chi connectivity index (χ0n) is 24.1. The summed E-state index contributed by atoms with van der Waals surface area (Å²) in [5, 5.41) is 12.1. The van der Waals surface area contributed by atoms with Crippen molar-refractivity contribution in [2.24, 2.45) is 0 Å². The van der Waals surface area contributed by atoms with Gasteiger partial charge in [0.15, 0.2) is 11.6 Å². The Bertz CT molecular complexity index is 1120. The maximum atomic E-state index is 13.7. The summed E-state index contributed by atoms with van der Waals surface area (Å²) in [5.74, 6) is -1.22. The van der Waals surface area contributed by atoms with Crippen molar-refractivity contribution in [3.8, 4) is 0 Å². The lowest BCUT2D eigenvalue weighted by molar-refractivity contribution is -0.116. The van der Waals surface area contributed by atoms with Gasteiger partial charge in [-0.1, -0.05) is 24.3 Å². The minimum absolute atomic E-state index is 0.150. The molecule has 0 bridgehead atoms. The molecule has 10 nitrogen and oxygen atoms in total. The van der Waals surface area contributed by atoms with E-state index in [0.717, 1.165) is 39.0 Å². The molecule has 0 radical (unpaired) electrons. The molecule has 0 saturated carbocycles. The Morgan fingerprint density at radius 3 is 1.45 bits per heavy atom. The molecule has 0 fully saturated rings. The molecule has 10 heteroatoms. The van der Waals surface area contributed by atoms with Gasteiger partial charge in [-0.3, -0.25) is 19.2 Å². The molecular formula is C30H42N6O4. The fourth-order valence-electron chi connectivity index (χ4n) is 4.57.